The fourth-order valence-corrected chi connectivity index (χ4v) is 1.57. The molecule has 0 aliphatic carbocycles. The van der Waals surface area contributed by atoms with Crippen molar-refractivity contribution in [3.63, 3.8) is 0 Å². The van der Waals surface area contributed by atoms with E-state index in [0.29, 0.717) is 0 Å². The molecule has 0 radical (unpaired) electrons. The highest BCUT2D eigenvalue weighted by Gasteiger charge is 2.28. The Morgan fingerprint density at radius 1 is 1.39 bits per heavy atom. The SMILES string of the molecule is CC(C)[C@@H](NC(=O)C1=NN(C)C(=O)CC1)C(=O)O. The van der Waals surface area contributed by atoms with Crippen molar-refractivity contribution in [3.8, 4) is 0 Å². The molecular weight excluding hydrogens is 238 g/mol. The van der Waals surface area contributed by atoms with Crippen molar-refractivity contribution in [1.29, 1.82) is 0 Å². The minimum atomic E-state index is -1.08. The Labute approximate surface area is 105 Å². The van der Waals surface area contributed by atoms with Gasteiger partial charge in [0.15, 0.2) is 0 Å². The van der Waals surface area contributed by atoms with Gasteiger partial charge >= 0.3 is 5.97 Å². The zero-order chi connectivity index (χ0) is 13.9. The van der Waals surface area contributed by atoms with E-state index in [2.05, 4.69) is 10.4 Å². The van der Waals surface area contributed by atoms with Gasteiger partial charge in [-0.05, 0) is 5.92 Å². The molecule has 0 aromatic rings. The van der Waals surface area contributed by atoms with Gasteiger partial charge in [0.2, 0.25) is 5.91 Å². The first-order valence-electron chi connectivity index (χ1n) is 5.70. The van der Waals surface area contributed by atoms with Crippen LogP contribution in [-0.4, -0.2) is 46.7 Å². The molecule has 0 saturated carbocycles. The second-order valence-corrected chi connectivity index (χ2v) is 4.50. The number of hydrazone groups is 1. The third-order valence-corrected chi connectivity index (χ3v) is 2.69. The van der Waals surface area contributed by atoms with E-state index in [9.17, 15) is 14.4 Å². The van der Waals surface area contributed by atoms with Gasteiger partial charge in [0.05, 0.1) is 0 Å². The van der Waals surface area contributed by atoms with Crippen LogP contribution in [0.3, 0.4) is 0 Å². The zero-order valence-corrected chi connectivity index (χ0v) is 10.6. The summed E-state index contributed by atoms with van der Waals surface area (Å²) in [5.41, 5.74) is 0.184. The molecule has 1 atom stereocenters. The van der Waals surface area contributed by atoms with Crippen LogP contribution in [0.5, 0.6) is 0 Å². The number of hydrogen-bond acceptors (Lipinski definition) is 4. The molecule has 7 heteroatoms. The summed E-state index contributed by atoms with van der Waals surface area (Å²) in [6.07, 6.45) is 0.446. The van der Waals surface area contributed by atoms with Gasteiger partial charge in [-0.1, -0.05) is 13.8 Å². The second-order valence-electron chi connectivity index (χ2n) is 4.50. The molecule has 1 aliphatic heterocycles. The predicted octanol–water partition coefficient (Wildman–Crippen LogP) is -0.180. The molecule has 2 amide bonds. The average molecular weight is 255 g/mol. The first-order chi connectivity index (χ1) is 8.32. The van der Waals surface area contributed by atoms with Crippen molar-refractivity contribution in [2.75, 3.05) is 7.05 Å². The minimum absolute atomic E-state index is 0.162. The Bertz CT molecular complexity index is 403. The number of hydrogen-bond donors (Lipinski definition) is 2. The number of nitrogens with one attached hydrogen (secondary N) is 1. The Morgan fingerprint density at radius 3 is 2.44 bits per heavy atom. The van der Waals surface area contributed by atoms with E-state index < -0.39 is 17.9 Å². The van der Waals surface area contributed by atoms with E-state index in [1.54, 1.807) is 13.8 Å². The molecule has 0 aromatic carbocycles. The summed E-state index contributed by atoms with van der Waals surface area (Å²) < 4.78 is 0. The molecule has 100 valence electrons. The van der Waals surface area contributed by atoms with Crippen LogP contribution in [-0.2, 0) is 14.4 Å². The Morgan fingerprint density at radius 2 is 2.00 bits per heavy atom. The van der Waals surface area contributed by atoms with Crippen LogP contribution in [0, 0.1) is 5.92 Å². The third-order valence-electron chi connectivity index (χ3n) is 2.69. The smallest absolute Gasteiger partial charge is 0.326 e. The molecule has 0 unspecified atom stereocenters. The lowest BCUT2D eigenvalue weighted by molar-refractivity contribution is -0.142. The van der Waals surface area contributed by atoms with E-state index in [4.69, 9.17) is 5.11 Å². The molecule has 18 heavy (non-hydrogen) atoms. The first kappa shape index (κ1) is 14.1. The lowest BCUT2D eigenvalue weighted by Gasteiger charge is -2.22. The highest BCUT2D eigenvalue weighted by molar-refractivity contribution is 6.39. The quantitative estimate of drug-likeness (QED) is 0.727. The van der Waals surface area contributed by atoms with E-state index in [-0.39, 0.29) is 30.4 Å². The number of rotatable bonds is 4. The van der Waals surface area contributed by atoms with Gasteiger partial charge in [-0.2, -0.15) is 5.10 Å². The van der Waals surface area contributed by atoms with Gasteiger partial charge in [0.25, 0.3) is 5.91 Å². The van der Waals surface area contributed by atoms with Gasteiger partial charge in [0, 0.05) is 19.9 Å². The number of carboxylic acid groups (broad SMARTS) is 1. The van der Waals surface area contributed by atoms with Crippen LogP contribution in [0.15, 0.2) is 5.10 Å². The summed E-state index contributed by atoms with van der Waals surface area (Å²) in [6, 6.07) is -0.955. The molecule has 0 fully saturated rings. The Kier molecular flexibility index (Phi) is 4.41. The summed E-state index contributed by atoms with van der Waals surface area (Å²) in [5, 5.41) is 16.3. The highest BCUT2D eigenvalue weighted by atomic mass is 16.4. The van der Waals surface area contributed by atoms with Crippen molar-refractivity contribution < 1.29 is 19.5 Å². The number of amides is 2. The first-order valence-corrected chi connectivity index (χ1v) is 5.70. The van der Waals surface area contributed by atoms with Crippen LogP contribution in [0.1, 0.15) is 26.7 Å². The Balaban J connectivity index is 2.74. The molecule has 1 aliphatic rings. The molecule has 1 rings (SSSR count). The summed E-state index contributed by atoms with van der Waals surface area (Å²) in [6.45, 7) is 3.41. The van der Waals surface area contributed by atoms with E-state index >= 15 is 0 Å². The van der Waals surface area contributed by atoms with Gasteiger partial charge in [-0.25, -0.2) is 9.80 Å². The second kappa shape index (κ2) is 5.61. The van der Waals surface area contributed by atoms with Crippen LogP contribution >= 0.6 is 0 Å². The normalized spacial score (nSPS) is 17.4. The van der Waals surface area contributed by atoms with Gasteiger partial charge in [-0.15, -0.1) is 0 Å². The molecule has 7 nitrogen and oxygen atoms in total. The fourth-order valence-electron chi connectivity index (χ4n) is 1.57. The number of carbonyl (C=O) groups is 3. The topological polar surface area (TPSA) is 99.1 Å². The van der Waals surface area contributed by atoms with Crippen LogP contribution in [0.2, 0.25) is 0 Å². The fraction of sp³-hybridized carbons (Fsp3) is 0.636. The molecule has 1 heterocycles. The number of carbonyl (C=O) groups excluding carboxylic acids is 2. The van der Waals surface area contributed by atoms with Crippen LogP contribution < -0.4 is 5.32 Å². The minimum Gasteiger partial charge on any atom is -0.480 e. The van der Waals surface area contributed by atoms with E-state index in [0.717, 1.165) is 5.01 Å². The number of carboxylic acids is 1. The summed E-state index contributed by atoms with van der Waals surface area (Å²) >= 11 is 0. The van der Waals surface area contributed by atoms with Crippen molar-refractivity contribution in [2.45, 2.75) is 32.7 Å². The highest BCUT2D eigenvalue weighted by Crippen LogP contribution is 2.08. The number of aliphatic carboxylic acids is 1. The molecule has 0 bridgehead atoms. The standard InChI is InChI=1S/C11H17N3O4/c1-6(2)9(11(17)18)12-10(16)7-4-5-8(15)14(3)13-7/h6,9H,4-5H2,1-3H3,(H,12,16)(H,17,18)/t9-/m1/s1. The maximum atomic E-state index is 11.8. The van der Waals surface area contributed by atoms with Gasteiger partial charge in [0.1, 0.15) is 11.8 Å². The van der Waals surface area contributed by atoms with Gasteiger partial charge in [-0.3, -0.25) is 9.59 Å². The summed E-state index contributed by atoms with van der Waals surface area (Å²) in [4.78, 5) is 34.0. The predicted molar refractivity (Wildman–Crippen MR) is 63.8 cm³/mol. The van der Waals surface area contributed by atoms with E-state index in [1.807, 2.05) is 0 Å². The average Bonchev–Trinajstić information content (AvgIpc) is 2.28. The van der Waals surface area contributed by atoms with Crippen LogP contribution in [0.4, 0.5) is 0 Å². The summed E-state index contributed by atoms with van der Waals surface area (Å²) in [5.74, 6) is -2.00. The van der Waals surface area contributed by atoms with Crippen molar-refractivity contribution >= 4 is 23.5 Å². The lowest BCUT2D eigenvalue weighted by atomic mass is 10.0. The van der Waals surface area contributed by atoms with Crippen LogP contribution in [0.25, 0.3) is 0 Å². The maximum absolute atomic E-state index is 11.8. The largest absolute Gasteiger partial charge is 0.480 e. The molecule has 2 N–H and O–H groups in total. The molecule has 0 aromatic heterocycles. The Hall–Kier alpha value is -1.92. The molecule has 0 saturated heterocycles. The maximum Gasteiger partial charge on any atom is 0.326 e. The van der Waals surface area contributed by atoms with Crippen molar-refractivity contribution in [2.24, 2.45) is 11.0 Å². The van der Waals surface area contributed by atoms with E-state index in [1.165, 1.54) is 7.05 Å². The van der Waals surface area contributed by atoms with Crippen molar-refractivity contribution in [1.82, 2.24) is 10.3 Å². The molecule has 0 spiro atoms. The zero-order valence-electron chi connectivity index (χ0n) is 10.6. The van der Waals surface area contributed by atoms with Gasteiger partial charge < -0.3 is 10.4 Å². The lowest BCUT2D eigenvalue weighted by Crippen LogP contribution is -2.48. The third kappa shape index (κ3) is 3.28. The number of nitrogens with zero attached hydrogens (tertiary/aromatic N) is 2. The molecular formula is C11H17N3O4. The van der Waals surface area contributed by atoms with Crippen molar-refractivity contribution in [3.05, 3.63) is 0 Å². The monoisotopic (exact) mass is 255 g/mol. The summed E-state index contributed by atoms with van der Waals surface area (Å²) in [7, 11) is 1.46.